The van der Waals surface area contributed by atoms with Crippen LogP contribution in [-0.4, -0.2) is 19.3 Å². The standard InChI is InChI=1S/C13H14ClNO2/c1-4-17-13(16)9(2)12(14)10-7-5-6-8-11(10)15-3/h5-8H,3-4H2,1-2H3/b12-9-. The van der Waals surface area contributed by atoms with E-state index in [2.05, 4.69) is 11.7 Å². The number of nitrogens with zero attached hydrogens (tertiary/aromatic N) is 1. The summed E-state index contributed by atoms with van der Waals surface area (Å²) in [7, 11) is 0. The van der Waals surface area contributed by atoms with Crippen molar-refractivity contribution in [1.82, 2.24) is 0 Å². The molecule has 0 radical (unpaired) electrons. The van der Waals surface area contributed by atoms with Crippen LogP contribution in [0.3, 0.4) is 0 Å². The van der Waals surface area contributed by atoms with Crippen LogP contribution in [0.2, 0.25) is 0 Å². The molecule has 0 heterocycles. The average Bonchev–Trinajstić information content (AvgIpc) is 2.37. The zero-order valence-corrected chi connectivity index (χ0v) is 10.6. The van der Waals surface area contributed by atoms with Crippen LogP contribution in [0.15, 0.2) is 34.8 Å². The molecule has 0 fully saturated rings. The Bertz CT molecular complexity index is 466. The smallest absolute Gasteiger partial charge is 0.335 e. The minimum Gasteiger partial charge on any atom is -0.463 e. The van der Waals surface area contributed by atoms with E-state index >= 15 is 0 Å². The second-order valence-electron chi connectivity index (χ2n) is 3.33. The lowest BCUT2D eigenvalue weighted by molar-refractivity contribution is -0.138. The van der Waals surface area contributed by atoms with Gasteiger partial charge in [-0.1, -0.05) is 29.8 Å². The van der Waals surface area contributed by atoms with Crippen LogP contribution >= 0.6 is 11.6 Å². The molecule has 0 bridgehead atoms. The van der Waals surface area contributed by atoms with Gasteiger partial charge in [-0.05, 0) is 26.6 Å². The van der Waals surface area contributed by atoms with Gasteiger partial charge in [0.05, 0.1) is 22.9 Å². The molecule has 90 valence electrons. The molecule has 3 nitrogen and oxygen atoms in total. The van der Waals surface area contributed by atoms with Crippen molar-refractivity contribution in [2.45, 2.75) is 13.8 Å². The van der Waals surface area contributed by atoms with Crippen molar-refractivity contribution < 1.29 is 9.53 Å². The summed E-state index contributed by atoms with van der Waals surface area (Å²) in [5, 5.41) is 0.339. The molecule has 1 rings (SSSR count). The number of ether oxygens (including phenoxy) is 1. The maximum Gasteiger partial charge on any atom is 0.335 e. The molecule has 0 saturated heterocycles. The lowest BCUT2D eigenvalue weighted by Crippen LogP contribution is -2.06. The summed E-state index contributed by atoms with van der Waals surface area (Å²) in [6.45, 7) is 7.16. The molecule has 4 heteroatoms. The Kier molecular flexibility index (Phi) is 4.91. The predicted octanol–water partition coefficient (Wildman–Crippen LogP) is 3.55. The van der Waals surface area contributed by atoms with E-state index in [0.29, 0.717) is 28.5 Å². The van der Waals surface area contributed by atoms with Crippen molar-refractivity contribution in [3.05, 3.63) is 35.4 Å². The lowest BCUT2D eigenvalue weighted by atomic mass is 10.1. The van der Waals surface area contributed by atoms with E-state index < -0.39 is 5.97 Å². The highest BCUT2D eigenvalue weighted by molar-refractivity contribution is 6.51. The number of halogens is 1. The van der Waals surface area contributed by atoms with Gasteiger partial charge in [0.2, 0.25) is 0 Å². The van der Waals surface area contributed by atoms with E-state index in [1.807, 2.05) is 12.1 Å². The Morgan fingerprint density at radius 2 is 2.12 bits per heavy atom. The topological polar surface area (TPSA) is 38.7 Å². The van der Waals surface area contributed by atoms with E-state index in [1.165, 1.54) is 0 Å². The van der Waals surface area contributed by atoms with E-state index in [9.17, 15) is 4.79 Å². The van der Waals surface area contributed by atoms with Crippen LogP contribution in [0, 0.1) is 0 Å². The molecule has 17 heavy (non-hydrogen) atoms. The van der Waals surface area contributed by atoms with Gasteiger partial charge in [-0.2, -0.15) is 0 Å². The Balaban J connectivity index is 3.18. The van der Waals surface area contributed by atoms with Crippen molar-refractivity contribution in [2.75, 3.05) is 6.61 Å². The second-order valence-corrected chi connectivity index (χ2v) is 3.71. The van der Waals surface area contributed by atoms with Gasteiger partial charge in [0.25, 0.3) is 0 Å². The molecule has 1 aromatic rings. The van der Waals surface area contributed by atoms with Gasteiger partial charge < -0.3 is 4.74 Å². The minimum atomic E-state index is -0.420. The molecule has 0 aliphatic heterocycles. The molecule has 0 saturated carbocycles. The van der Waals surface area contributed by atoms with Gasteiger partial charge in [-0.15, -0.1) is 0 Å². The van der Waals surface area contributed by atoms with Crippen LogP contribution in [0.25, 0.3) is 5.03 Å². The highest BCUT2D eigenvalue weighted by Crippen LogP contribution is 2.31. The molecule has 0 unspecified atom stereocenters. The third kappa shape index (κ3) is 3.17. The summed E-state index contributed by atoms with van der Waals surface area (Å²) in [5.41, 5.74) is 1.68. The van der Waals surface area contributed by atoms with E-state index in [1.54, 1.807) is 26.0 Å². The Morgan fingerprint density at radius 3 is 2.71 bits per heavy atom. The number of para-hydroxylation sites is 1. The minimum absolute atomic E-state index is 0.321. The van der Waals surface area contributed by atoms with Crippen LogP contribution in [0.4, 0.5) is 5.69 Å². The fraction of sp³-hybridized carbons (Fsp3) is 0.231. The third-order valence-electron chi connectivity index (χ3n) is 2.22. The zero-order chi connectivity index (χ0) is 12.8. The zero-order valence-electron chi connectivity index (χ0n) is 9.87. The molecular formula is C13H14ClNO2. The van der Waals surface area contributed by atoms with Gasteiger partial charge in [0.1, 0.15) is 0 Å². The van der Waals surface area contributed by atoms with Crippen LogP contribution < -0.4 is 0 Å². The summed E-state index contributed by atoms with van der Waals surface area (Å²) < 4.78 is 4.89. The van der Waals surface area contributed by atoms with Crippen LogP contribution in [-0.2, 0) is 9.53 Å². The highest BCUT2D eigenvalue weighted by Gasteiger charge is 2.13. The molecule has 0 N–H and O–H groups in total. The number of carbonyl (C=O) groups excluding carboxylic acids is 1. The fourth-order valence-electron chi connectivity index (χ4n) is 1.33. The molecule has 0 amide bonds. The van der Waals surface area contributed by atoms with Gasteiger partial charge in [0.15, 0.2) is 0 Å². The first-order chi connectivity index (χ1) is 8.11. The van der Waals surface area contributed by atoms with Gasteiger partial charge in [0, 0.05) is 5.56 Å². The van der Waals surface area contributed by atoms with Crippen LogP contribution in [0.5, 0.6) is 0 Å². The Morgan fingerprint density at radius 1 is 1.47 bits per heavy atom. The summed E-state index contributed by atoms with van der Waals surface area (Å²) >= 11 is 6.16. The number of rotatable bonds is 4. The largest absolute Gasteiger partial charge is 0.463 e. The van der Waals surface area contributed by atoms with E-state index in [-0.39, 0.29) is 0 Å². The quantitative estimate of drug-likeness (QED) is 0.466. The highest BCUT2D eigenvalue weighted by atomic mass is 35.5. The Labute approximate surface area is 106 Å². The first-order valence-corrected chi connectivity index (χ1v) is 5.59. The number of benzene rings is 1. The van der Waals surface area contributed by atoms with Crippen molar-refractivity contribution in [3.8, 4) is 0 Å². The van der Waals surface area contributed by atoms with E-state index in [0.717, 1.165) is 0 Å². The normalized spacial score (nSPS) is 11.7. The average molecular weight is 252 g/mol. The predicted molar refractivity (Wildman–Crippen MR) is 70.7 cm³/mol. The van der Waals surface area contributed by atoms with Crippen molar-refractivity contribution in [2.24, 2.45) is 4.99 Å². The number of esters is 1. The fourth-order valence-corrected chi connectivity index (χ4v) is 1.57. The molecule has 1 aromatic carbocycles. The lowest BCUT2D eigenvalue weighted by Gasteiger charge is -2.07. The first-order valence-electron chi connectivity index (χ1n) is 5.21. The Hall–Kier alpha value is -1.61. The second kappa shape index (κ2) is 6.21. The number of carbonyl (C=O) groups is 1. The third-order valence-corrected chi connectivity index (χ3v) is 2.71. The molecule has 0 aromatic heterocycles. The maximum atomic E-state index is 11.5. The molecule has 0 aliphatic carbocycles. The summed E-state index contributed by atoms with van der Waals surface area (Å²) in [6.07, 6.45) is 0. The van der Waals surface area contributed by atoms with Crippen molar-refractivity contribution >= 4 is 35.0 Å². The molecule has 0 atom stereocenters. The van der Waals surface area contributed by atoms with Gasteiger partial charge in [-0.3, -0.25) is 4.99 Å². The molecule has 0 spiro atoms. The van der Waals surface area contributed by atoms with Gasteiger partial charge >= 0.3 is 5.97 Å². The van der Waals surface area contributed by atoms with Crippen LogP contribution in [0.1, 0.15) is 19.4 Å². The number of hydrogen-bond donors (Lipinski definition) is 0. The number of aliphatic imine (C=N–C) groups is 1. The summed E-state index contributed by atoms with van der Waals surface area (Å²) in [5.74, 6) is -0.420. The van der Waals surface area contributed by atoms with E-state index in [4.69, 9.17) is 16.3 Å². The molecular weight excluding hydrogens is 238 g/mol. The monoisotopic (exact) mass is 251 g/mol. The van der Waals surface area contributed by atoms with Crippen molar-refractivity contribution in [1.29, 1.82) is 0 Å². The van der Waals surface area contributed by atoms with Crippen molar-refractivity contribution in [3.63, 3.8) is 0 Å². The van der Waals surface area contributed by atoms with Gasteiger partial charge in [-0.25, -0.2) is 4.79 Å². The summed E-state index contributed by atoms with van der Waals surface area (Å²) in [4.78, 5) is 15.4. The SMILES string of the molecule is C=Nc1ccccc1/C(Cl)=C(\C)C(=O)OCC. The molecule has 0 aliphatic rings. The number of hydrogen-bond acceptors (Lipinski definition) is 3. The first kappa shape index (κ1) is 13.5. The summed E-state index contributed by atoms with van der Waals surface area (Å²) in [6, 6.07) is 7.22. The maximum absolute atomic E-state index is 11.5.